The third kappa shape index (κ3) is 7.82. The number of phenols is 2. The fourth-order valence-electron chi connectivity index (χ4n) is 5.73. The van der Waals surface area contributed by atoms with Gasteiger partial charge in [-0.25, -0.2) is 4.79 Å². The molecule has 0 spiro atoms. The molecule has 244 valence electrons. The third-order valence-electron chi connectivity index (χ3n) is 8.11. The average molecular weight is 670 g/mol. The van der Waals surface area contributed by atoms with Crippen molar-refractivity contribution in [3.8, 4) is 11.5 Å². The fourth-order valence-corrected chi connectivity index (χ4v) is 6.13. The number of nitrogens with one attached hydrogen (secondary N) is 1. The van der Waals surface area contributed by atoms with Gasteiger partial charge < -0.3 is 25.2 Å². The molecule has 3 aromatic carbocycles. The molecule has 0 saturated carbocycles. The van der Waals surface area contributed by atoms with Crippen LogP contribution in [0.25, 0.3) is 0 Å². The highest BCUT2D eigenvalue weighted by Crippen LogP contribution is 2.43. The normalized spacial score (nSPS) is 13.4. The first kappa shape index (κ1) is 34.8. The van der Waals surface area contributed by atoms with E-state index >= 15 is 0 Å². The van der Waals surface area contributed by atoms with Gasteiger partial charge in [-0.2, -0.15) is 0 Å². The van der Waals surface area contributed by atoms with Gasteiger partial charge in [0, 0.05) is 53.6 Å². The molecule has 1 amide bonds. The van der Waals surface area contributed by atoms with Crippen LogP contribution in [0.4, 0.5) is 5.69 Å². The zero-order valence-corrected chi connectivity index (χ0v) is 27.1. The first-order valence-electron chi connectivity index (χ1n) is 15.4. The molecule has 0 bridgehead atoms. The van der Waals surface area contributed by atoms with Crippen LogP contribution in [-0.4, -0.2) is 65.1 Å². The summed E-state index contributed by atoms with van der Waals surface area (Å²) >= 11 is 11.9. The number of benzene rings is 3. The second kappa shape index (κ2) is 16.5. The Morgan fingerprint density at radius 2 is 1.57 bits per heavy atom. The lowest BCUT2D eigenvalue weighted by atomic mass is 9.81. The van der Waals surface area contributed by atoms with Crippen LogP contribution >= 0.6 is 23.2 Å². The Bertz CT molecular complexity index is 1560. The lowest BCUT2D eigenvalue weighted by Gasteiger charge is -2.26. The SMILES string of the molecule is CCCCCCC(OC(=O)[C@H](Cc1ccc(N(CCCl)CCCl)cc1)NC=O)c1cc(O)c2c(c1O)C(=O)c1ccccc1C2=O. The minimum Gasteiger partial charge on any atom is -0.507 e. The molecule has 1 aliphatic rings. The van der Waals surface area contributed by atoms with E-state index in [1.165, 1.54) is 18.2 Å². The Kier molecular flexibility index (Phi) is 12.5. The lowest BCUT2D eigenvalue weighted by Crippen LogP contribution is -2.39. The molecule has 0 aliphatic heterocycles. The molecule has 4 rings (SSSR count). The summed E-state index contributed by atoms with van der Waals surface area (Å²) in [6.45, 7) is 3.29. The molecule has 0 saturated heterocycles. The molecule has 1 unspecified atom stereocenters. The molecule has 0 aromatic heterocycles. The molecule has 0 heterocycles. The fraction of sp³-hybridized carbons (Fsp3) is 0.371. The van der Waals surface area contributed by atoms with Crippen LogP contribution in [0.15, 0.2) is 54.6 Å². The van der Waals surface area contributed by atoms with E-state index in [2.05, 4.69) is 12.2 Å². The number of carbonyl (C=O) groups excluding carboxylic acids is 4. The monoisotopic (exact) mass is 668 g/mol. The summed E-state index contributed by atoms with van der Waals surface area (Å²) in [7, 11) is 0. The number of nitrogens with zero attached hydrogens (tertiary/aromatic N) is 1. The van der Waals surface area contributed by atoms with Gasteiger partial charge in [-0.15, -0.1) is 23.2 Å². The van der Waals surface area contributed by atoms with E-state index < -0.39 is 41.2 Å². The van der Waals surface area contributed by atoms with E-state index in [0.29, 0.717) is 37.7 Å². The number of phenolic OH excluding ortho intramolecular Hbond substituents is 2. The minimum atomic E-state index is -1.07. The molecular formula is C35H38Cl2N2O7. The number of fused-ring (bicyclic) bond motifs is 2. The highest BCUT2D eigenvalue weighted by Gasteiger charge is 2.37. The smallest absolute Gasteiger partial charge is 0.329 e. The van der Waals surface area contributed by atoms with Crippen LogP contribution in [-0.2, 0) is 20.7 Å². The van der Waals surface area contributed by atoms with Gasteiger partial charge in [-0.3, -0.25) is 14.4 Å². The second-order valence-corrected chi connectivity index (χ2v) is 11.9. The molecule has 1 aliphatic carbocycles. The van der Waals surface area contributed by atoms with Gasteiger partial charge in [-0.05, 0) is 36.6 Å². The molecule has 9 nitrogen and oxygen atoms in total. The Morgan fingerprint density at radius 1 is 0.935 bits per heavy atom. The van der Waals surface area contributed by atoms with E-state index in [-0.39, 0.29) is 40.7 Å². The number of unbranched alkanes of at least 4 members (excludes halogenated alkanes) is 3. The van der Waals surface area contributed by atoms with E-state index in [4.69, 9.17) is 27.9 Å². The number of rotatable bonds is 17. The van der Waals surface area contributed by atoms with Crippen molar-refractivity contribution in [2.45, 2.75) is 57.6 Å². The van der Waals surface area contributed by atoms with Crippen molar-refractivity contribution in [2.75, 3.05) is 29.7 Å². The number of anilines is 1. The molecule has 3 N–H and O–H groups in total. The molecule has 46 heavy (non-hydrogen) atoms. The summed E-state index contributed by atoms with van der Waals surface area (Å²) in [5.41, 5.74) is 1.31. The number of esters is 1. The van der Waals surface area contributed by atoms with Crippen LogP contribution in [0.2, 0.25) is 0 Å². The summed E-state index contributed by atoms with van der Waals surface area (Å²) in [4.78, 5) is 53.8. The Hall–Kier alpha value is -4.08. The zero-order valence-electron chi connectivity index (χ0n) is 25.6. The summed E-state index contributed by atoms with van der Waals surface area (Å²) in [6.07, 6.45) is 3.08. The van der Waals surface area contributed by atoms with Crippen molar-refractivity contribution in [3.05, 3.63) is 88.0 Å². The summed E-state index contributed by atoms with van der Waals surface area (Å²) in [6, 6.07) is 13.8. The van der Waals surface area contributed by atoms with E-state index in [0.717, 1.165) is 30.5 Å². The van der Waals surface area contributed by atoms with E-state index in [9.17, 15) is 29.4 Å². The van der Waals surface area contributed by atoms with Gasteiger partial charge in [-0.1, -0.05) is 62.6 Å². The number of alkyl halides is 2. The van der Waals surface area contributed by atoms with E-state index in [1.54, 1.807) is 12.1 Å². The standard InChI is InChI=1S/C35H38Cl2N2O7/c1-2-3-4-5-10-29(26-20-28(41)30-31(34(26)44)33(43)25-9-7-6-8-24(25)32(30)42)46-35(45)27(38-21-40)19-22-11-13-23(14-12-22)39(17-15-36)18-16-37/h6-9,11-14,20-21,27,29,41,44H,2-5,10,15-19H2,1H3,(H,38,40)/t27-,29?/m0/s1. The number of ketones is 2. The maximum absolute atomic E-state index is 13.6. The Labute approximate surface area is 278 Å². The number of hydrogen-bond acceptors (Lipinski definition) is 8. The number of aromatic hydroxyl groups is 2. The van der Waals surface area contributed by atoms with Crippen molar-refractivity contribution >= 4 is 52.8 Å². The van der Waals surface area contributed by atoms with Gasteiger partial charge in [0.05, 0.1) is 11.1 Å². The van der Waals surface area contributed by atoms with Crippen LogP contribution in [0.5, 0.6) is 11.5 Å². The van der Waals surface area contributed by atoms with Gasteiger partial charge in [0.2, 0.25) is 6.41 Å². The number of ether oxygens (including phenoxy) is 1. The van der Waals surface area contributed by atoms with E-state index in [1.807, 2.05) is 29.2 Å². The topological polar surface area (TPSA) is 133 Å². The second-order valence-electron chi connectivity index (χ2n) is 11.1. The van der Waals surface area contributed by atoms with Crippen molar-refractivity contribution in [1.29, 1.82) is 0 Å². The van der Waals surface area contributed by atoms with Gasteiger partial charge >= 0.3 is 5.97 Å². The zero-order chi connectivity index (χ0) is 33.2. The van der Waals surface area contributed by atoms with Crippen molar-refractivity contribution in [1.82, 2.24) is 5.32 Å². The first-order chi connectivity index (χ1) is 22.2. The highest BCUT2D eigenvalue weighted by molar-refractivity contribution is 6.30. The largest absolute Gasteiger partial charge is 0.507 e. The number of hydrogen-bond donors (Lipinski definition) is 3. The maximum atomic E-state index is 13.6. The van der Waals surface area contributed by atoms with Gasteiger partial charge in [0.1, 0.15) is 23.6 Å². The lowest BCUT2D eigenvalue weighted by molar-refractivity contribution is -0.153. The number of carbonyl (C=O) groups is 4. The average Bonchev–Trinajstić information content (AvgIpc) is 3.06. The van der Waals surface area contributed by atoms with Crippen LogP contribution in [0.1, 0.15) is 88.1 Å². The molecule has 0 fully saturated rings. The molecular weight excluding hydrogens is 631 g/mol. The number of halogens is 2. The maximum Gasteiger partial charge on any atom is 0.329 e. The van der Waals surface area contributed by atoms with Gasteiger partial charge in [0.25, 0.3) is 0 Å². The van der Waals surface area contributed by atoms with Crippen molar-refractivity contribution in [3.63, 3.8) is 0 Å². The van der Waals surface area contributed by atoms with Crippen molar-refractivity contribution < 1.29 is 34.1 Å². The minimum absolute atomic E-state index is 0.00881. The Balaban J connectivity index is 1.62. The molecule has 3 aromatic rings. The highest BCUT2D eigenvalue weighted by atomic mass is 35.5. The van der Waals surface area contributed by atoms with Crippen LogP contribution in [0, 0.1) is 0 Å². The Morgan fingerprint density at radius 3 is 2.15 bits per heavy atom. The van der Waals surface area contributed by atoms with Crippen molar-refractivity contribution in [2.24, 2.45) is 0 Å². The summed E-state index contributed by atoms with van der Waals surface area (Å²) < 4.78 is 5.92. The van der Waals surface area contributed by atoms with Gasteiger partial charge in [0.15, 0.2) is 11.6 Å². The quantitative estimate of drug-likeness (QED) is 0.0406. The predicted molar refractivity (Wildman–Crippen MR) is 177 cm³/mol. The molecule has 11 heteroatoms. The predicted octanol–water partition coefficient (Wildman–Crippen LogP) is 6.07. The van der Waals surface area contributed by atoms with Crippen LogP contribution in [0.3, 0.4) is 0 Å². The summed E-state index contributed by atoms with van der Waals surface area (Å²) in [5.74, 6) is -2.11. The summed E-state index contributed by atoms with van der Waals surface area (Å²) in [5, 5.41) is 24.9. The molecule has 0 radical (unpaired) electrons. The third-order valence-corrected chi connectivity index (χ3v) is 8.45. The number of amides is 1. The molecule has 2 atom stereocenters. The first-order valence-corrected chi connectivity index (χ1v) is 16.5. The van der Waals surface area contributed by atoms with Crippen LogP contribution < -0.4 is 10.2 Å².